The molecule has 42 heavy (non-hydrogen) atoms. The Morgan fingerprint density at radius 2 is 1.83 bits per heavy atom. The lowest BCUT2D eigenvalue weighted by molar-refractivity contribution is -0.141. The standard InChI is InChI=1S/C29H40N4O8S/c1-18(26(40-2)24-4-3-12-33(24)17-34)27(36)30-23(28(37)31-42-22-9-10-22)14-19-5-7-21(8-6-19)41-16-25(35)32-13-11-20(15-32)29(38)39/h5-8,17-18,20,22-24,26H,3-4,9-16H2,1-2H3,(H,30,36)(H,31,37)(H,38,39). The van der Waals surface area contributed by atoms with Crippen LogP contribution >= 0.6 is 11.9 Å². The summed E-state index contributed by atoms with van der Waals surface area (Å²) in [5.41, 5.74) is 0.785. The largest absolute Gasteiger partial charge is 0.484 e. The summed E-state index contributed by atoms with van der Waals surface area (Å²) in [6, 6.07) is 5.91. The molecule has 5 unspecified atom stereocenters. The average Bonchev–Trinajstić information content (AvgIpc) is 3.46. The Hall–Kier alpha value is -3.32. The van der Waals surface area contributed by atoms with Gasteiger partial charge in [0, 0.05) is 38.4 Å². The molecule has 13 heteroatoms. The van der Waals surface area contributed by atoms with Crippen LogP contribution in [-0.2, 0) is 35.1 Å². The van der Waals surface area contributed by atoms with Crippen molar-refractivity contribution in [3.8, 4) is 5.75 Å². The molecule has 3 N–H and O–H groups in total. The van der Waals surface area contributed by atoms with Crippen LogP contribution in [0.1, 0.15) is 44.6 Å². The third-order valence-electron chi connectivity index (χ3n) is 8.13. The molecular formula is C29H40N4O8S. The first-order valence-corrected chi connectivity index (χ1v) is 15.3. The lowest BCUT2D eigenvalue weighted by Crippen LogP contribution is -2.52. The molecule has 0 radical (unpaired) electrons. The number of hydrogen-bond donors (Lipinski definition) is 3. The molecule has 1 saturated carbocycles. The van der Waals surface area contributed by atoms with Crippen LogP contribution in [-0.4, -0.2) is 102 Å². The Morgan fingerprint density at radius 3 is 2.45 bits per heavy atom. The quantitative estimate of drug-likeness (QED) is 0.198. The first kappa shape index (κ1) is 31.6. The molecule has 0 aromatic heterocycles. The highest BCUT2D eigenvalue weighted by molar-refractivity contribution is 7.98. The van der Waals surface area contributed by atoms with Gasteiger partial charge < -0.3 is 29.7 Å². The van der Waals surface area contributed by atoms with Crippen molar-refractivity contribution in [1.29, 1.82) is 0 Å². The number of carbonyl (C=O) groups is 5. The number of hydrogen-bond acceptors (Lipinski definition) is 8. The number of rotatable bonds is 15. The first-order chi connectivity index (χ1) is 20.2. The van der Waals surface area contributed by atoms with Gasteiger partial charge in [-0.1, -0.05) is 19.1 Å². The van der Waals surface area contributed by atoms with E-state index >= 15 is 0 Å². The molecule has 3 aliphatic rings. The topological polar surface area (TPSA) is 155 Å². The van der Waals surface area contributed by atoms with Crippen LogP contribution < -0.4 is 14.8 Å². The van der Waals surface area contributed by atoms with Crippen LogP contribution in [0.5, 0.6) is 5.75 Å². The molecule has 230 valence electrons. The van der Waals surface area contributed by atoms with Gasteiger partial charge in [0.25, 0.3) is 11.8 Å². The smallest absolute Gasteiger partial charge is 0.308 e. The van der Waals surface area contributed by atoms with Crippen LogP contribution in [0, 0.1) is 11.8 Å². The minimum atomic E-state index is -0.901. The van der Waals surface area contributed by atoms with E-state index in [9.17, 15) is 24.0 Å². The summed E-state index contributed by atoms with van der Waals surface area (Å²) in [4.78, 5) is 64.7. The van der Waals surface area contributed by atoms with Crippen molar-refractivity contribution in [3.05, 3.63) is 29.8 Å². The van der Waals surface area contributed by atoms with Crippen molar-refractivity contribution in [1.82, 2.24) is 19.8 Å². The van der Waals surface area contributed by atoms with Crippen molar-refractivity contribution >= 4 is 42.0 Å². The minimum Gasteiger partial charge on any atom is -0.484 e. The van der Waals surface area contributed by atoms with Crippen molar-refractivity contribution in [2.75, 3.05) is 33.4 Å². The Bertz CT molecular complexity index is 1130. The molecule has 5 atom stereocenters. The zero-order valence-corrected chi connectivity index (χ0v) is 24.8. The summed E-state index contributed by atoms with van der Waals surface area (Å²) in [5.74, 6) is -2.48. The van der Waals surface area contributed by atoms with Gasteiger partial charge >= 0.3 is 5.97 Å². The predicted molar refractivity (Wildman–Crippen MR) is 154 cm³/mol. The number of carboxylic acids is 1. The van der Waals surface area contributed by atoms with Crippen LogP contribution in [0.15, 0.2) is 24.3 Å². The summed E-state index contributed by atoms with van der Waals surface area (Å²) in [6.07, 6.45) is 4.65. The second-order valence-corrected chi connectivity index (χ2v) is 12.3. The first-order valence-electron chi connectivity index (χ1n) is 14.4. The molecule has 0 spiro atoms. The number of nitrogens with one attached hydrogen (secondary N) is 2. The van der Waals surface area contributed by atoms with Crippen LogP contribution in [0.3, 0.4) is 0 Å². The summed E-state index contributed by atoms with van der Waals surface area (Å²) < 4.78 is 14.2. The van der Waals surface area contributed by atoms with Gasteiger partial charge in [-0.25, -0.2) is 0 Å². The van der Waals surface area contributed by atoms with E-state index in [1.165, 1.54) is 24.0 Å². The fourth-order valence-electron chi connectivity index (χ4n) is 5.44. The molecule has 2 saturated heterocycles. The summed E-state index contributed by atoms with van der Waals surface area (Å²) in [7, 11) is 1.53. The summed E-state index contributed by atoms with van der Waals surface area (Å²) >= 11 is 1.37. The molecule has 4 rings (SSSR count). The number of carboxylic acid groups (broad SMARTS) is 1. The van der Waals surface area contributed by atoms with E-state index in [0.717, 1.165) is 37.7 Å². The van der Waals surface area contributed by atoms with E-state index in [-0.39, 0.29) is 43.3 Å². The molecule has 3 fully saturated rings. The van der Waals surface area contributed by atoms with Gasteiger partial charge in [0.05, 0.1) is 24.0 Å². The van der Waals surface area contributed by atoms with Crippen molar-refractivity contribution < 1.29 is 38.6 Å². The maximum atomic E-state index is 13.3. The van der Waals surface area contributed by atoms with E-state index in [1.807, 2.05) is 0 Å². The van der Waals surface area contributed by atoms with Gasteiger partial charge in [-0.3, -0.25) is 28.7 Å². The Labute approximate surface area is 250 Å². The number of aliphatic carboxylic acids is 1. The van der Waals surface area contributed by atoms with Crippen LogP contribution in [0.4, 0.5) is 0 Å². The Balaban J connectivity index is 1.35. The van der Waals surface area contributed by atoms with E-state index in [2.05, 4.69) is 10.0 Å². The fourth-order valence-corrected chi connectivity index (χ4v) is 6.23. The second-order valence-electron chi connectivity index (χ2n) is 11.2. The molecule has 4 amide bonds. The second kappa shape index (κ2) is 14.7. The molecule has 1 aliphatic carbocycles. The minimum absolute atomic E-state index is 0.185. The molecule has 2 heterocycles. The van der Waals surface area contributed by atoms with Crippen LogP contribution in [0.2, 0.25) is 0 Å². The zero-order chi connectivity index (χ0) is 30.2. The average molecular weight is 605 g/mol. The van der Waals surface area contributed by atoms with Crippen LogP contribution in [0.25, 0.3) is 0 Å². The SMILES string of the molecule is COC(C(C)C(=O)NC(Cc1ccc(OCC(=O)N2CCC(C(=O)O)C2)cc1)C(=O)NSC1CC1)C1CCCN1C=O. The van der Waals surface area contributed by atoms with Gasteiger partial charge in [0.15, 0.2) is 6.61 Å². The lowest BCUT2D eigenvalue weighted by atomic mass is 9.94. The van der Waals surface area contributed by atoms with E-state index in [0.29, 0.717) is 30.5 Å². The van der Waals surface area contributed by atoms with Gasteiger partial charge in [0.2, 0.25) is 12.3 Å². The molecular weight excluding hydrogens is 564 g/mol. The molecule has 12 nitrogen and oxygen atoms in total. The number of likely N-dealkylation sites (tertiary alicyclic amines) is 2. The van der Waals surface area contributed by atoms with Gasteiger partial charge in [-0.05, 0) is 61.7 Å². The Kier molecular flexibility index (Phi) is 11.1. The maximum absolute atomic E-state index is 13.3. The van der Waals surface area contributed by atoms with Gasteiger partial charge in [0.1, 0.15) is 11.8 Å². The van der Waals surface area contributed by atoms with Crippen molar-refractivity contribution in [3.63, 3.8) is 0 Å². The third kappa shape index (κ3) is 8.37. The molecule has 0 bridgehead atoms. The molecule has 1 aromatic carbocycles. The maximum Gasteiger partial charge on any atom is 0.308 e. The number of ether oxygens (including phenoxy) is 2. The highest BCUT2D eigenvalue weighted by Gasteiger charge is 2.38. The number of methoxy groups -OCH3 is 1. The lowest BCUT2D eigenvalue weighted by Gasteiger charge is -2.32. The van der Waals surface area contributed by atoms with E-state index < -0.39 is 30.0 Å². The van der Waals surface area contributed by atoms with Gasteiger partial charge in [-0.15, -0.1) is 0 Å². The van der Waals surface area contributed by atoms with Gasteiger partial charge in [-0.2, -0.15) is 0 Å². The van der Waals surface area contributed by atoms with Crippen molar-refractivity contribution in [2.24, 2.45) is 11.8 Å². The third-order valence-corrected chi connectivity index (χ3v) is 9.26. The molecule has 2 aliphatic heterocycles. The summed E-state index contributed by atoms with van der Waals surface area (Å²) in [6.45, 7) is 2.75. The fraction of sp³-hybridized carbons (Fsp3) is 0.621. The number of nitrogens with zero attached hydrogens (tertiary/aromatic N) is 2. The van der Waals surface area contributed by atoms with Crippen molar-refractivity contribution in [2.45, 2.75) is 68.9 Å². The normalized spacial score (nSPS) is 22.2. The predicted octanol–water partition coefficient (Wildman–Crippen LogP) is 1.22. The number of amides is 4. The zero-order valence-electron chi connectivity index (χ0n) is 24.0. The number of carbonyl (C=O) groups excluding carboxylic acids is 4. The molecule has 1 aromatic rings. The highest BCUT2D eigenvalue weighted by atomic mass is 32.2. The Morgan fingerprint density at radius 1 is 1.10 bits per heavy atom. The van der Waals surface area contributed by atoms with E-state index in [1.54, 1.807) is 36.1 Å². The summed E-state index contributed by atoms with van der Waals surface area (Å²) in [5, 5.41) is 12.4. The highest BCUT2D eigenvalue weighted by Crippen LogP contribution is 2.32. The number of benzene rings is 1. The van der Waals surface area contributed by atoms with E-state index in [4.69, 9.17) is 14.6 Å². The monoisotopic (exact) mass is 604 g/mol.